The molecule has 126 valence electrons. The smallest absolute Gasteiger partial charge is 0.293 e. The fourth-order valence-electron chi connectivity index (χ4n) is 2.86. The molecular formula is C16H18N4O4. The standard InChI is InChI=1S/C16H18N4O4/c1-19-8-7-17-15(19)14(22)11-3-4-12(13(9-11)20(23)24)18-16(10-21)5-2-6-16/h3-4,7-9,18,21H,2,5-6,10H2,1H3. The van der Waals surface area contributed by atoms with E-state index in [1.54, 1.807) is 17.8 Å². The Morgan fingerprint density at radius 1 is 1.50 bits per heavy atom. The molecule has 0 saturated heterocycles. The number of carbonyl (C=O) groups excluding carboxylic acids is 1. The number of nitro groups is 1. The predicted octanol–water partition coefficient (Wildman–Crippen LogP) is 1.89. The largest absolute Gasteiger partial charge is 0.394 e. The first-order chi connectivity index (χ1) is 11.5. The van der Waals surface area contributed by atoms with Crippen LogP contribution in [0.3, 0.4) is 0 Å². The molecule has 0 spiro atoms. The molecule has 2 aromatic rings. The van der Waals surface area contributed by atoms with Gasteiger partial charge in [0.2, 0.25) is 5.78 Å². The molecule has 0 amide bonds. The maximum atomic E-state index is 12.5. The summed E-state index contributed by atoms with van der Waals surface area (Å²) in [7, 11) is 1.69. The van der Waals surface area contributed by atoms with Gasteiger partial charge in [-0.2, -0.15) is 0 Å². The number of imidazole rings is 1. The lowest BCUT2D eigenvalue weighted by Gasteiger charge is -2.41. The molecule has 0 radical (unpaired) electrons. The molecule has 0 bridgehead atoms. The maximum absolute atomic E-state index is 12.5. The van der Waals surface area contributed by atoms with Crippen LogP contribution < -0.4 is 5.32 Å². The second-order valence-corrected chi connectivity index (χ2v) is 6.10. The predicted molar refractivity (Wildman–Crippen MR) is 87.0 cm³/mol. The zero-order valence-electron chi connectivity index (χ0n) is 13.2. The molecular weight excluding hydrogens is 312 g/mol. The first kappa shape index (κ1) is 16.1. The highest BCUT2D eigenvalue weighted by Crippen LogP contribution is 2.38. The number of anilines is 1. The molecule has 8 heteroatoms. The zero-order valence-corrected chi connectivity index (χ0v) is 13.2. The SMILES string of the molecule is Cn1ccnc1C(=O)c1ccc(NC2(CO)CCC2)c([N+](=O)[O-])c1. The van der Waals surface area contributed by atoms with Gasteiger partial charge in [-0.1, -0.05) is 0 Å². The van der Waals surface area contributed by atoms with Crippen molar-refractivity contribution in [2.75, 3.05) is 11.9 Å². The number of aliphatic hydroxyl groups is 1. The summed E-state index contributed by atoms with van der Waals surface area (Å²) in [5.74, 6) is -0.159. The van der Waals surface area contributed by atoms with Gasteiger partial charge in [-0.25, -0.2) is 4.98 Å². The van der Waals surface area contributed by atoms with E-state index in [-0.39, 0.29) is 29.5 Å². The third-order valence-corrected chi connectivity index (χ3v) is 4.49. The van der Waals surface area contributed by atoms with E-state index in [0.717, 1.165) is 19.3 Å². The first-order valence-electron chi connectivity index (χ1n) is 7.65. The minimum Gasteiger partial charge on any atom is -0.394 e. The summed E-state index contributed by atoms with van der Waals surface area (Å²) in [5, 5.41) is 24.0. The second kappa shape index (κ2) is 6.04. The van der Waals surface area contributed by atoms with Gasteiger partial charge in [0.25, 0.3) is 5.69 Å². The summed E-state index contributed by atoms with van der Waals surface area (Å²) in [4.78, 5) is 27.3. The molecule has 0 aliphatic heterocycles. The molecule has 0 unspecified atom stereocenters. The van der Waals surface area contributed by atoms with Crippen molar-refractivity contribution in [1.29, 1.82) is 0 Å². The third-order valence-electron chi connectivity index (χ3n) is 4.49. The van der Waals surface area contributed by atoms with Gasteiger partial charge in [0.1, 0.15) is 5.69 Å². The van der Waals surface area contributed by atoms with Crippen molar-refractivity contribution in [2.24, 2.45) is 7.05 Å². The Morgan fingerprint density at radius 2 is 2.25 bits per heavy atom. The van der Waals surface area contributed by atoms with Crippen LogP contribution in [0.1, 0.15) is 35.4 Å². The number of nitro benzene ring substituents is 1. The van der Waals surface area contributed by atoms with Gasteiger partial charge < -0.3 is 15.0 Å². The molecule has 1 aliphatic rings. The number of nitrogens with one attached hydrogen (secondary N) is 1. The van der Waals surface area contributed by atoms with Crippen molar-refractivity contribution in [3.63, 3.8) is 0 Å². The van der Waals surface area contributed by atoms with Crippen molar-refractivity contribution in [1.82, 2.24) is 9.55 Å². The molecule has 1 aliphatic carbocycles. The number of nitrogens with zero attached hydrogens (tertiary/aromatic N) is 3. The Morgan fingerprint density at radius 3 is 2.75 bits per heavy atom. The summed E-state index contributed by atoms with van der Waals surface area (Å²) in [6, 6.07) is 4.31. The lowest BCUT2D eigenvalue weighted by atomic mass is 9.77. The Hall–Kier alpha value is -2.74. The highest BCUT2D eigenvalue weighted by Gasteiger charge is 2.37. The van der Waals surface area contributed by atoms with Crippen molar-refractivity contribution in [2.45, 2.75) is 24.8 Å². The summed E-state index contributed by atoms with van der Waals surface area (Å²) >= 11 is 0. The van der Waals surface area contributed by atoms with E-state index in [4.69, 9.17) is 0 Å². The Labute approximate surface area is 138 Å². The molecule has 1 saturated carbocycles. The van der Waals surface area contributed by atoms with Crippen LogP contribution in [-0.2, 0) is 7.05 Å². The van der Waals surface area contributed by atoms with E-state index in [0.29, 0.717) is 5.69 Å². The topological polar surface area (TPSA) is 110 Å². The monoisotopic (exact) mass is 330 g/mol. The average molecular weight is 330 g/mol. The number of hydrogen-bond donors (Lipinski definition) is 2. The lowest BCUT2D eigenvalue weighted by molar-refractivity contribution is -0.384. The van der Waals surface area contributed by atoms with Gasteiger partial charge in [-0.15, -0.1) is 0 Å². The molecule has 1 aromatic heterocycles. The van der Waals surface area contributed by atoms with Crippen LogP contribution in [0.15, 0.2) is 30.6 Å². The summed E-state index contributed by atoms with van der Waals surface area (Å²) in [6.45, 7) is -0.0852. The van der Waals surface area contributed by atoms with E-state index in [9.17, 15) is 20.0 Å². The van der Waals surface area contributed by atoms with Gasteiger partial charge in [0.05, 0.1) is 17.1 Å². The first-order valence-corrected chi connectivity index (χ1v) is 7.65. The maximum Gasteiger partial charge on any atom is 0.293 e. The second-order valence-electron chi connectivity index (χ2n) is 6.10. The van der Waals surface area contributed by atoms with E-state index < -0.39 is 10.5 Å². The van der Waals surface area contributed by atoms with Gasteiger partial charge in [-0.05, 0) is 31.4 Å². The fraction of sp³-hybridized carbons (Fsp3) is 0.375. The van der Waals surface area contributed by atoms with Crippen LogP contribution in [0.5, 0.6) is 0 Å². The highest BCUT2D eigenvalue weighted by molar-refractivity contribution is 6.07. The van der Waals surface area contributed by atoms with Crippen LogP contribution in [0, 0.1) is 10.1 Å². The van der Waals surface area contributed by atoms with Crippen LogP contribution in [-0.4, -0.2) is 37.5 Å². The number of aromatic nitrogens is 2. The minimum atomic E-state index is -0.527. The van der Waals surface area contributed by atoms with E-state index in [2.05, 4.69) is 10.3 Å². The highest BCUT2D eigenvalue weighted by atomic mass is 16.6. The number of aliphatic hydroxyl groups excluding tert-OH is 1. The number of aryl methyl sites for hydroxylation is 1. The van der Waals surface area contributed by atoms with Crippen LogP contribution in [0.4, 0.5) is 11.4 Å². The molecule has 1 aromatic carbocycles. The van der Waals surface area contributed by atoms with Gasteiger partial charge in [-0.3, -0.25) is 14.9 Å². The average Bonchev–Trinajstić information content (AvgIpc) is 2.96. The molecule has 0 atom stereocenters. The van der Waals surface area contributed by atoms with Gasteiger partial charge in [0.15, 0.2) is 5.82 Å². The zero-order chi connectivity index (χ0) is 17.3. The van der Waals surface area contributed by atoms with E-state index >= 15 is 0 Å². The number of hydrogen-bond acceptors (Lipinski definition) is 6. The Balaban J connectivity index is 1.94. The molecule has 2 N–H and O–H groups in total. The van der Waals surface area contributed by atoms with Crippen LogP contribution >= 0.6 is 0 Å². The third kappa shape index (κ3) is 2.76. The van der Waals surface area contributed by atoms with Crippen molar-refractivity contribution in [3.05, 3.63) is 52.1 Å². The lowest BCUT2D eigenvalue weighted by Crippen LogP contribution is -2.48. The molecule has 1 fully saturated rings. The van der Waals surface area contributed by atoms with Crippen molar-refractivity contribution < 1.29 is 14.8 Å². The Kier molecular flexibility index (Phi) is 4.06. The van der Waals surface area contributed by atoms with Crippen molar-refractivity contribution >= 4 is 17.2 Å². The fourth-order valence-corrected chi connectivity index (χ4v) is 2.86. The van der Waals surface area contributed by atoms with Crippen LogP contribution in [0.25, 0.3) is 0 Å². The van der Waals surface area contributed by atoms with Crippen molar-refractivity contribution in [3.8, 4) is 0 Å². The number of benzene rings is 1. The summed E-state index contributed by atoms with van der Waals surface area (Å²) in [5.41, 5.74) is -0.177. The Bertz CT molecular complexity index is 790. The van der Waals surface area contributed by atoms with Gasteiger partial charge >= 0.3 is 0 Å². The molecule has 24 heavy (non-hydrogen) atoms. The van der Waals surface area contributed by atoms with E-state index in [1.807, 2.05) is 0 Å². The number of ketones is 1. The number of carbonyl (C=O) groups is 1. The minimum absolute atomic E-state index is 0.0852. The molecule has 1 heterocycles. The quantitative estimate of drug-likeness (QED) is 0.475. The molecule has 8 nitrogen and oxygen atoms in total. The summed E-state index contributed by atoms with van der Waals surface area (Å²) in [6.07, 6.45) is 5.62. The normalized spacial score (nSPS) is 15.6. The van der Waals surface area contributed by atoms with Gasteiger partial charge in [0, 0.05) is 31.1 Å². The van der Waals surface area contributed by atoms with E-state index in [1.165, 1.54) is 24.4 Å². The summed E-state index contributed by atoms with van der Waals surface area (Å²) < 4.78 is 1.56. The molecule has 3 rings (SSSR count). The number of rotatable bonds is 6. The van der Waals surface area contributed by atoms with Crippen LogP contribution in [0.2, 0.25) is 0 Å².